The first kappa shape index (κ1) is 44.6. The van der Waals surface area contributed by atoms with Crippen LogP contribution in [0.2, 0.25) is 0 Å². The third kappa shape index (κ3) is 9.60. The molecule has 0 aromatic heterocycles. The maximum atomic E-state index is 11.2. The summed E-state index contributed by atoms with van der Waals surface area (Å²) in [7, 11) is 0. The fraction of sp³-hybridized carbons (Fsp3) is 0.390. The van der Waals surface area contributed by atoms with E-state index in [1.54, 1.807) is 0 Å². The molecule has 7 nitrogen and oxygen atoms in total. The lowest BCUT2D eigenvalue weighted by Crippen LogP contribution is -2.35. The summed E-state index contributed by atoms with van der Waals surface area (Å²) in [5, 5.41) is 11.2. The first-order chi connectivity index (χ1) is 32.0. The van der Waals surface area contributed by atoms with Crippen LogP contribution in [0.1, 0.15) is 96.2 Å². The Morgan fingerprint density at radius 1 is 0.500 bits per heavy atom. The Morgan fingerprint density at radius 3 is 1.35 bits per heavy atom. The van der Waals surface area contributed by atoms with Crippen molar-refractivity contribution in [2.75, 3.05) is 39.6 Å². The van der Waals surface area contributed by atoms with Gasteiger partial charge in [0.15, 0.2) is 0 Å². The second-order valence-corrected chi connectivity index (χ2v) is 20.1. The number of aliphatic hydroxyl groups excluding tert-OH is 1. The molecule has 5 unspecified atom stereocenters. The fourth-order valence-corrected chi connectivity index (χ4v) is 10.4. The highest BCUT2D eigenvalue weighted by Gasteiger charge is 2.40. The molecule has 2 aliphatic carbocycles. The molecule has 2 saturated heterocycles. The van der Waals surface area contributed by atoms with Crippen molar-refractivity contribution in [3.63, 3.8) is 0 Å². The van der Waals surface area contributed by atoms with Crippen LogP contribution in [-0.2, 0) is 66.7 Å². The van der Waals surface area contributed by atoms with E-state index in [1.165, 1.54) is 44.5 Å². The van der Waals surface area contributed by atoms with Crippen molar-refractivity contribution in [2.24, 2.45) is 0 Å². The van der Waals surface area contributed by atoms with Crippen molar-refractivity contribution >= 4 is 0 Å². The predicted octanol–water partition coefficient (Wildman–Crippen LogP) is 10.8. The van der Waals surface area contributed by atoms with Gasteiger partial charge in [0.1, 0.15) is 43.0 Å². The van der Waals surface area contributed by atoms with Crippen LogP contribution in [0.25, 0.3) is 0 Å². The van der Waals surface area contributed by atoms with Gasteiger partial charge in [-0.15, -0.1) is 0 Å². The summed E-state index contributed by atoms with van der Waals surface area (Å²) < 4.78 is 35.7. The van der Waals surface area contributed by atoms with Crippen molar-refractivity contribution in [1.29, 1.82) is 0 Å². The number of aliphatic hydroxyl groups is 1. The van der Waals surface area contributed by atoms with Gasteiger partial charge in [0.05, 0.1) is 37.6 Å². The van der Waals surface area contributed by atoms with E-state index in [-0.39, 0.29) is 36.3 Å². The normalized spacial score (nSPS) is 22.7. The maximum absolute atomic E-state index is 11.2. The average molecular weight is 885 g/mol. The molecule has 0 amide bonds. The number of epoxide rings is 2. The predicted molar refractivity (Wildman–Crippen MR) is 259 cm³/mol. The van der Waals surface area contributed by atoms with E-state index in [4.69, 9.17) is 28.4 Å². The molecular weight excluding hydrogens is 821 g/mol. The minimum atomic E-state index is -0.803. The first-order valence-corrected chi connectivity index (χ1v) is 24.0. The van der Waals surface area contributed by atoms with Crippen LogP contribution >= 0.6 is 0 Å². The Labute approximate surface area is 391 Å². The van der Waals surface area contributed by atoms with E-state index >= 15 is 0 Å². The van der Waals surface area contributed by atoms with Gasteiger partial charge in [-0.1, -0.05) is 121 Å². The lowest BCUT2D eigenvalue weighted by atomic mass is 9.63. The standard InChI is InChI=1S/C59H64O7/c1-56(2,45-13-17-47(18-14-45)59(32-30-42-10-6-8-12-44(42)34-59)50-23-27-53(28-24-50)62-37-54-38-63-54)65-36-51(60)35-61-52-25-21-49(22-26-52)58(31-29-41-9-5-7-11-43(41)33-58)48-19-15-46(16-20-48)57(3,4)66-40-55-39-64-55/h5-28,51,54-55,60H,29-40H2,1-4H3. The molecule has 0 spiro atoms. The summed E-state index contributed by atoms with van der Waals surface area (Å²) in [5.74, 6) is 1.60. The Kier molecular flexibility index (Phi) is 12.4. The fourth-order valence-electron chi connectivity index (χ4n) is 10.4. The quantitative estimate of drug-likeness (QED) is 0.0861. The minimum absolute atomic E-state index is 0.126. The third-order valence-corrected chi connectivity index (χ3v) is 14.9. The molecule has 0 bridgehead atoms. The summed E-state index contributed by atoms with van der Waals surface area (Å²) in [6, 6.07) is 52.9. The molecule has 2 heterocycles. The molecule has 2 fully saturated rings. The highest BCUT2D eigenvalue weighted by atomic mass is 16.6. The van der Waals surface area contributed by atoms with E-state index in [0.29, 0.717) is 13.2 Å². The van der Waals surface area contributed by atoms with Gasteiger partial charge in [-0.25, -0.2) is 0 Å². The maximum Gasteiger partial charge on any atom is 0.119 e. The van der Waals surface area contributed by atoms with Gasteiger partial charge in [-0.2, -0.15) is 0 Å². The molecule has 6 aromatic rings. The van der Waals surface area contributed by atoms with E-state index in [2.05, 4.69) is 161 Å². The van der Waals surface area contributed by atoms with Crippen molar-refractivity contribution in [2.45, 2.75) is 107 Å². The van der Waals surface area contributed by atoms with Gasteiger partial charge >= 0.3 is 0 Å². The van der Waals surface area contributed by atoms with E-state index in [9.17, 15) is 5.11 Å². The molecule has 66 heavy (non-hydrogen) atoms. The third-order valence-electron chi connectivity index (χ3n) is 14.9. The SMILES string of the molecule is CC(C)(OCC(O)COc1ccc(C2(c3ccc(C(C)(C)OCC4CO4)cc3)CCc3ccccc3C2)cc1)c1ccc(C2(c3ccc(OCC4CO4)cc3)CCc3ccccc3C2)cc1. The monoisotopic (exact) mass is 884 g/mol. The summed E-state index contributed by atoms with van der Waals surface area (Å²) in [4.78, 5) is 0. The highest BCUT2D eigenvalue weighted by molar-refractivity contribution is 5.50. The molecule has 4 aliphatic rings. The number of ether oxygens (including phenoxy) is 6. The number of hydrogen-bond donors (Lipinski definition) is 1. The molecule has 2 aliphatic heterocycles. The van der Waals surface area contributed by atoms with Crippen LogP contribution in [0.5, 0.6) is 11.5 Å². The van der Waals surface area contributed by atoms with Gasteiger partial charge in [0.25, 0.3) is 0 Å². The summed E-state index contributed by atoms with van der Waals surface area (Å²) in [6.45, 7) is 11.5. The Morgan fingerprint density at radius 2 is 0.894 bits per heavy atom. The molecule has 6 aromatic carbocycles. The number of hydrogen-bond acceptors (Lipinski definition) is 7. The van der Waals surface area contributed by atoms with Crippen molar-refractivity contribution < 1.29 is 33.5 Å². The average Bonchev–Trinajstić information content (AvgIpc) is 4.31. The lowest BCUT2D eigenvalue weighted by Gasteiger charge is -2.40. The smallest absolute Gasteiger partial charge is 0.119 e. The Hall–Kier alpha value is -5.28. The van der Waals surface area contributed by atoms with Crippen LogP contribution in [0.4, 0.5) is 0 Å². The van der Waals surface area contributed by atoms with Crippen molar-refractivity contribution in [3.05, 3.63) is 201 Å². The van der Waals surface area contributed by atoms with Crippen LogP contribution < -0.4 is 9.47 Å². The van der Waals surface area contributed by atoms with Crippen LogP contribution in [0, 0.1) is 0 Å². The van der Waals surface area contributed by atoms with Gasteiger partial charge in [-0.3, -0.25) is 0 Å². The van der Waals surface area contributed by atoms with Gasteiger partial charge in [-0.05, 0) is 146 Å². The topological polar surface area (TPSA) is 82.2 Å². The molecule has 342 valence electrons. The zero-order chi connectivity index (χ0) is 45.4. The zero-order valence-corrected chi connectivity index (χ0v) is 39.0. The van der Waals surface area contributed by atoms with Crippen LogP contribution in [-0.4, -0.2) is 63.1 Å². The Balaban J connectivity index is 0.789. The largest absolute Gasteiger partial charge is 0.491 e. The summed E-state index contributed by atoms with van der Waals surface area (Å²) >= 11 is 0. The highest BCUT2D eigenvalue weighted by Crippen LogP contribution is 2.47. The van der Waals surface area contributed by atoms with Gasteiger partial charge < -0.3 is 33.5 Å². The zero-order valence-electron chi connectivity index (χ0n) is 39.0. The number of benzene rings is 6. The van der Waals surface area contributed by atoms with Crippen molar-refractivity contribution in [3.8, 4) is 11.5 Å². The van der Waals surface area contributed by atoms with E-state index in [0.717, 1.165) is 74.4 Å². The van der Waals surface area contributed by atoms with Gasteiger partial charge in [0, 0.05) is 10.8 Å². The number of fused-ring (bicyclic) bond motifs is 2. The Bertz CT molecular complexity index is 2570. The molecule has 5 atom stereocenters. The minimum Gasteiger partial charge on any atom is -0.491 e. The number of rotatable bonds is 18. The van der Waals surface area contributed by atoms with Crippen molar-refractivity contribution in [1.82, 2.24) is 0 Å². The molecule has 0 saturated carbocycles. The van der Waals surface area contributed by atoms with E-state index in [1.807, 2.05) is 12.1 Å². The second-order valence-electron chi connectivity index (χ2n) is 20.1. The molecular formula is C59H64O7. The van der Waals surface area contributed by atoms with E-state index < -0.39 is 17.3 Å². The number of aryl methyl sites for hydroxylation is 2. The summed E-state index contributed by atoms with van der Waals surface area (Å²) in [6.07, 6.45) is 5.56. The molecule has 7 heteroatoms. The lowest BCUT2D eigenvalue weighted by molar-refractivity contribution is -0.0717. The molecule has 1 N–H and O–H groups in total. The summed E-state index contributed by atoms with van der Waals surface area (Å²) in [5.41, 5.74) is 11.6. The van der Waals surface area contributed by atoms with Crippen LogP contribution in [0.3, 0.4) is 0 Å². The van der Waals surface area contributed by atoms with Crippen LogP contribution in [0.15, 0.2) is 146 Å². The first-order valence-electron chi connectivity index (χ1n) is 24.0. The molecule has 10 rings (SSSR count). The van der Waals surface area contributed by atoms with Gasteiger partial charge in [0.2, 0.25) is 0 Å². The molecule has 0 radical (unpaired) electrons. The second kappa shape index (κ2) is 18.4.